The van der Waals surface area contributed by atoms with Crippen LogP contribution >= 0.6 is 11.6 Å². The Balaban J connectivity index is 2.64. The Kier molecular flexibility index (Phi) is 3.43. The molecule has 0 heterocycles. The van der Waals surface area contributed by atoms with Crippen LogP contribution in [0.3, 0.4) is 0 Å². The molecule has 74 valence electrons. The fraction of sp³-hybridized carbons (Fsp3) is 0.200. The van der Waals surface area contributed by atoms with E-state index in [1.165, 1.54) is 0 Å². The van der Waals surface area contributed by atoms with Crippen LogP contribution in [-0.4, -0.2) is 6.18 Å². The van der Waals surface area contributed by atoms with Crippen LogP contribution in [0.15, 0.2) is 24.3 Å². The molecule has 0 aromatic heterocycles. The van der Waals surface area contributed by atoms with E-state index in [2.05, 4.69) is 5.92 Å². The van der Waals surface area contributed by atoms with Crippen molar-refractivity contribution in [3.8, 4) is 11.8 Å². The second kappa shape index (κ2) is 4.39. The zero-order chi connectivity index (χ0) is 10.6. The Hall–Kier alpha value is -1.14. The van der Waals surface area contributed by atoms with Crippen LogP contribution in [0.25, 0.3) is 0 Å². The molecule has 0 radical (unpaired) electrons. The van der Waals surface area contributed by atoms with Crippen molar-refractivity contribution in [1.29, 1.82) is 0 Å². The van der Waals surface area contributed by atoms with E-state index in [1.54, 1.807) is 24.3 Å². The predicted octanol–water partition coefficient (Wildman–Crippen LogP) is 3.64. The van der Waals surface area contributed by atoms with Crippen LogP contribution in [0, 0.1) is 11.8 Å². The third kappa shape index (κ3) is 4.20. The molecule has 0 spiro atoms. The summed E-state index contributed by atoms with van der Waals surface area (Å²) in [6, 6.07) is 6.32. The molecule has 0 saturated carbocycles. The lowest BCUT2D eigenvalue weighted by Crippen LogP contribution is -2.04. The number of halogens is 4. The SMILES string of the molecule is FC(F)(F)CC#Cc1ccc(Cl)cc1. The molecule has 0 N–H and O–H groups in total. The average Bonchev–Trinajstić information content (AvgIpc) is 2.06. The number of rotatable bonds is 0. The molecule has 0 bridgehead atoms. The molecule has 0 aliphatic rings. The summed E-state index contributed by atoms with van der Waals surface area (Å²) in [6.45, 7) is 0. The summed E-state index contributed by atoms with van der Waals surface area (Å²) in [5, 5.41) is 0.534. The van der Waals surface area contributed by atoms with Gasteiger partial charge in [-0.15, -0.1) is 0 Å². The quantitative estimate of drug-likeness (QED) is 0.583. The zero-order valence-electron chi connectivity index (χ0n) is 7.03. The first-order valence-corrected chi connectivity index (χ1v) is 4.16. The van der Waals surface area contributed by atoms with Crippen molar-refractivity contribution in [2.24, 2.45) is 0 Å². The van der Waals surface area contributed by atoms with Crippen molar-refractivity contribution in [3.05, 3.63) is 34.9 Å². The van der Waals surface area contributed by atoms with Gasteiger partial charge in [0.2, 0.25) is 0 Å². The standard InChI is InChI=1S/C10H6ClF3/c11-9-5-3-8(4-6-9)2-1-7-10(12,13)14/h3-6H,7H2. The molecule has 1 aromatic carbocycles. The Morgan fingerprint density at radius 3 is 2.21 bits per heavy atom. The highest BCUT2D eigenvalue weighted by Gasteiger charge is 2.25. The van der Waals surface area contributed by atoms with Crippen molar-refractivity contribution in [2.75, 3.05) is 0 Å². The maximum absolute atomic E-state index is 11.7. The van der Waals surface area contributed by atoms with Crippen molar-refractivity contribution >= 4 is 11.6 Å². The van der Waals surface area contributed by atoms with Gasteiger partial charge >= 0.3 is 6.18 Å². The molecule has 1 rings (SSSR count). The minimum Gasteiger partial charge on any atom is -0.170 e. The largest absolute Gasteiger partial charge is 0.399 e. The van der Waals surface area contributed by atoms with Crippen molar-refractivity contribution in [3.63, 3.8) is 0 Å². The Morgan fingerprint density at radius 2 is 1.71 bits per heavy atom. The number of hydrogen-bond donors (Lipinski definition) is 0. The van der Waals surface area contributed by atoms with Gasteiger partial charge in [0.15, 0.2) is 0 Å². The van der Waals surface area contributed by atoms with E-state index in [0.29, 0.717) is 10.6 Å². The van der Waals surface area contributed by atoms with Gasteiger partial charge in [0.1, 0.15) is 6.42 Å². The Morgan fingerprint density at radius 1 is 1.14 bits per heavy atom. The third-order valence-electron chi connectivity index (χ3n) is 1.37. The van der Waals surface area contributed by atoms with Crippen LogP contribution < -0.4 is 0 Å². The first kappa shape index (κ1) is 10.9. The molecule has 0 aliphatic heterocycles. The van der Waals surface area contributed by atoms with Gasteiger partial charge in [0.05, 0.1) is 0 Å². The molecule has 0 saturated heterocycles. The maximum atomic E-state index is 11.7. The van der Waals surface area contributed by atoms with Crippen molar-refractivity contribution in [2.45, 2.75) is 12.6 Å². The highest BCUT2D eigenvalue weighted by atomic mass is 35.5. The van der Waals surface area contributed by atoms with Gasteiger partial charge in [0, 0.05) is 10.6 Å². The van der Waals surface area contributed by atoms with E-state index in [9.17, 15) is 13.2 Å². The summed E-state index contributed by atoms with van der Waals surface area (Å²) in [6.07, 6.45) is -5.31. The molecule has 4 heteroatoms. The minimum absolute atomic E-state index is 0.527. The average molecular weight is 219 g/mol. The molecular formula is C10H6ClF3. The summed E-state index contributed by atoms with van der Waals surface area (Å²) in [4.78, 5) is 0. The van der Waals surface area contributed by atoms with Crippen molar-refractivity contribution in [1.82, 2.24) is 0 Å². The molecule has 0 amide bonds. The van der Waals surface area contributed by atoms with Crippen LogP contribution in [0.4, 0.5) is 13.2 Å². The molecule has 0 unspecified atom stereocenters. The van der Waals surface area contributed by atoms with E-state index >= 15 is 0 Å². The minimum atomic E-state index is -4.22. The van der Waals surface area contributed by atoms with Crippen molar-refractivity contribution < 1.29 is 13.2 Å². The van der Waals surface area contributed by atoms with Crippen LogP contribution in [0.2, 0.25) is 5.02 Å². The first-order valence-electron chi connectivity index (χ1n) is 3.78. The fourth-order valence-corrected chi connectivity index (χ4v) is 0.906. The monoisotopic (exact) mass is 218 g/mol. The normalized spacial score (nSPS) is 10.6. The number of alkyl halides is 3. The van der Waals surface area contributed by atoms with Gasteiger partial charge in [-0.25, -0.2) is 0 Å². The summed E-state index contributed by atoms with van der Waals surface area (Å²) in [7, 11) is 0. The van der Waals surface area contributed by atoms with Gasteiger partial charge < -0.3 is 0 Å². The lowest BCUT2D eigenvalue weighted by Gasteiger charge is -1.97. The van der Waals surface area contributed by atoms with Gasteiger partial charge in [0.25, 0.3) is 0 Å². The molecule has 0 atom stereocenters. The van der Waals surface area contributed by atoms with E-state index < -0.39 is 12.6 Å². The maximum Gasteiger partial charge on any atom is 0.399 e. The van der Waals surface area contributed by atoms with E-state index in [-0.39, 0.29) is 0 Å². The molecule has 14 heavy (non-hydrogen) atoms. The molecule has 0 nitrogen and oxygen atoms in total. The van der Waals surface area contributed by atoms with Gasteiger partial charge in [-0.2, -0.15) is 13.2 Å². The highest BCUT2D eigenvalue weighted by Crippen LogP contribution is 2.18. The second-order valence-electron chi connectivity index (χ2n) is 2.60. The topological polar surface area (TPSA) is 0 Å². The number of hydrogen-bond acceptors (Lipinski definition) is 0. The lowest BCUT2D eigenvalue weighted by atomic mass is 10.2. The van der Waals surface area contributed by atoms with Gasteiger partial charge in [-0.3, -0.25) is 0 Å². The molecule has 0 aliphatic carbocycles. The second-order valence-corrected chi connectivity index (χ2v) is 3.04. The number of benzene rings is 1. The smallest absolute Gasteiger partial charge is 0.170 e. The summed E-state index contributed by atoms with van der Waals surface area (Å²) in [5.74, 6) is 4.44. The highest BCUT2D eigenvalue weighted by molar-refractivity contribution is 6.30. The summed E-state index contributed by atoms with van der Waals surface area (Å²) in [5.41, 5.74) is 0.527. The van der Waals surface area contributed by atoms with E-state index in [0.717, 1.165) is 0 Å². The molecular weight excluding hydrogens is 213 g/mol. The predicted molar refractivity (Wildman–Crippen MR) is 49.0 cm³/mol. The van der Waals surface area contributed by atoms with E-state index in [1.807, 2.05) is 5.92 Å². The van der Waals surface area contributed by atoms with Gasteiger partial charge in [-0.05, 0) is 24.3 Å². The third-order valence-corrected chi connectivity index (χ3v) is 1.62. The molecule has 1 aromatic rings. The Bertz CT molecular complexity index is 354. The summed E-state index contributed by atoms with van der Waals surface area (Å²) < 4.78 is 35.1. The van der Waals surface area contributed by atoms with Crippen LogP contribution in [0.5, 0.6) is 0 Å². The first-order chi connectivity index (χ1) is 6.47. The lowest BCUT2D eigenvalue weighted by molar-refractivity contribution is -0.123. The van der Waals surface area contributed by atoms with E-state index in [4.69, 9.17) is 11.6 Å². The zero-order valence-corrected chi connectivity index (χ0v) is 7.78. The van der Waals surface area contributed by atoms with Crippen LogP contribution in [-0.2, 0) is 0 Å². The Labute approximate surface area is 84.7 Å². The summed E-state index contributed by atoms with van der Waals surface area (Å²) >= 11 is 5.59. The van der Waals surface area contributed by atoms with Crippen LogP contribution in [0.1, 0.15) is 12.0 Å². The van der Waals surface area contributed by atoms with Gasteiger partial charge in [-0.1, -0.05) is 23.4 Å². The molecule has 0 fully saturated rings. The fourth-order valence-electron chi connectivity index (χ4n) is 0.780.